The smallest absolute Gasteiger partial charge is 0.416 e. The van der Waals surface area contributed by atoms with Crippen LogP contribution in [0.3, 0.4) is 0 Å². The van der Waals surface area contributed by atoms with Crippen LogP contribution in [-0.2, 0) is 37.0 Å². The van der Waals surface area contributed by atoms with Gasteiger partial charge in [-0.15, -0.1) is 0 Å². The molecular weight excluding hydrogens is 504 g/mol. The maximum atomic E-state index is 13.3. The van der Waals surface area contributed by atoms with E-state index in [1.54, 1.807) is 30.3 Å². The molecule has 5 nitrogen and oxygen atoms in total. The second-order valence-corrected chi connectivity index (χ2v) is 9.51. The van der Waals surface area contributed by atoms with Gasteiger partial charge in [0.25, 0.3) is 0 Å². The number of hydrogen-bond acceptors (Lipinski definition) is 4. The van der Waals surface area contributed by atoms with E-state index in [2.05, 4.69) is 5.32 Å². The number of ether oxygens (including phenoxy) is 2. The summed E-state index contributed by atoms with van der Waals surface area (Å²) < 4.78 is 90.7. The van der Waals surface area contributed by atoms with Gasteiger partial charge in [0.2, 0.25) is 5.91 Å². The lowest BCUT2D eigenvalue weighted by Crippen LogP contribution is -2.43. The van der Waals surface area contributed by atoms with E-state index in [1.807, 2.05) is 13.8 Å². The van der Waals surface area contributed by atoms with Gasteiger partial charge < -0.3 is 14.8 Å². The van der Waals surface area contributed by atoms with Crippen molar-refractivity contribution in [2.75, 3.05) is 13.2 Å². The predicted octanol–water partition coefficient (Wildman–Crippen LogP) is 6.03. The summed E-state index contributed by atoms with van der Waals surface area (Å²) in [6, 6.07) is 9.74. The van der Waals surface area contributed by atoms with E-state index in [9.17, 15) is 35.9 Å². The number of carbonyl (C=O) groups is 2. The van der Waals surface area contributed by atoms with Gasteiger partial charge in [0.15, 0.2) is 0 Å². The second-order valence-electron chi connectivity index (χ2n) is 9.51. The lowest BCUT2D eigenvalue weighted by atomic mass is 9.86. The summed E-state index contributed by atoms with van der Waals surface area (Å²) in [4.78, 5) is 25.3. The quantitative estimate of drug-likeness (QED) is 0.257. The van der Waals surface area contributed by atoms with Crippen LogP contribution in [0, 0.1) is 11.8 Å². The van der Waals surface area contributed by atoms with Crippen LogP contribution >= 0.6 is 0 Å². The Labute approximate surface area is 210 Å². The summed E-state index contributed by atoms with van der Waals surface area (Å²) in [5.41, 5.74) is -3.92. The fourth-order valence-corrected chi connectivity index (χ4v) is 4.06. The van der Waals surface area contributed by atoms with Crippen molar-refractivity contribution in [2.24, 2.45) is 11.8 Å². The molecule has 2 aromatic carbocycles. The maximum Gasteiger partial charge on any atom is 0.416 e. The number of amides is 1. The van der Waals surface area contributed by atoms with E-state index in [4.69, 9.17) is 9.47 Å². The van der Waals surface area contributed by atoms with Crippen molar-refractivity contribution < 1.29 is 45.4 Å². The SMILES string of the molecule is CC(C)COC(=O)C1C[C@@](COC(C)c2cc(C(F)(F)F)cc(C(F)(F)F)c2)(c2ccccc2)NC1=O. The van der Waals surface area contributed by atoms with Crippen LogP contribution in [0.5, 0.6) is 0 Å². The first-order chi connectivity index (χ1) is 17.1. The zero-order chi connectivity index (χ0) is 27.6. The number of hydrogen-bond donors (Lipinski definition) is 1. The molecule has 1 saturated heterocycles. The first-order valence-corrected chi connectivity index (χ1v) is 11.6. The lowest BCUT2D eigenvalue weighted by Gasteiger charge is -2.31. The lowest BCUT2D eigenvalue weighted by molar-refractivity contribution is -0.152. The van der Waals surface area contributed by atoms with Gasteiger partial charge in [-0.1, -0.05) is 44.2 Å². The van der Waals surface area contributed by atoms with Gasteiger partial charge in [0.1, 0.15) is 5.92 Å². The van der Waals surface area contributed by atoms with Crippen molar-refractivity contribution in [1.29, 1.82) is 0 Å². The summed E-state index contributed by atoms with van der Waals surface area (Å²) >= 11 is 0. The summed E-state index contributed by atoms with van der Waals surface area (Å²) in [6.07, 6.45) is -11.3. The minimum atomic E-state index is -5.00. The molecule has 1 heterocycles. The molecule has 1 aliphatic rings. The fourth-order valence-electron chi connectivity index (χ4n) is 4.06. The third-order valence-electron chi connectivity index (χ3n) is 6.06. The van der Waals surface area contributed by atoms with Crippen molar-refractivity contribution in [3.05, 3.63) is 70.8 Å². The van der Waals surface area contributed by atoms with Gasteiger partial charge in [0, 0.05) is 0 Å². The largest absolute Gasteiger partial charge is 0.465 e. The molecule has 1 aliphatic heterocycles. The van der Waals surface area contributed by atoms with Crippen molar-refractivity contribution >= 4 is 11.9 Å². The van der Waals surface area contributed by atoms with E-state index in [1.165, 1.54) is 6.92 Å². The fraction of sp³-hybridized carbons (Fsp3) is 0.462. The predicted molar refractivity (Wildman–Crippen MR) is 121 cm³/mol. The van der Waals surface area contributed by atoms with Crippen LogP contribution in [0.25, 0.3) is 0 Å². The monoisotopic (exact) mass is 531 g/mol. The molecule has 0 aliphatic carbocycles. The van der Waals surface area contributed by atoms with Crippen LogP contribution in [0.4, 0.5) is 26.3 Å². The third-order valence-corrected chi connectivity index (χ3v) is 6.06. The molecule has 1 N–H and O–H groups in total. The van der Waals surface area contributed by atoms with Crippen LogP contribution in [-0.4, -0.2) is 25.1 Å². The molecule has 0 aromatic heterocycles. The molecule has 1 amide bonds. The summed E-state index contributed by atoms with van der Waals surface area (Å²) in [5.74, 6) is -2.43. The number of nitrogens with one attached hydrogen (secondary N) is 1. The second kappa shape index (κ2) is 10.7. The zero-order valence-electron chi connectivity index (χ0n) is 20.4. The number of rotatable bonds is 8. The Hall–Kier alpha value is -3.08. The molecule has 3 rings (SSSR count). The van der Waals surface area contributed by atoms with Crippen molar-refractivity contribution in [1.82, 2.24) is 5.32 Å². The Morgan fingerprint density at radius 3 is 2.08 bits per heavy atom. The molecule has 0 saturated carbocycles. The molecule has 3 atom stereocenters. The highest BCUT2D eigenvalue weighted by Crippen LogP contribution is 2.40. The normalized spacial score (nSPS) is 21.1. The van der Waals surface area contributed by atoms with Crippen LogP contribution in [0.15, 0.2) is 48.5 Å². The number of halogens is 6. The Kier molecular flexibility index (Phi) is 8.26. The van der Waals surface area contributed by atoms with Crippen LogP contribution < -0.4 is 5.32 Å². The Morgan fingerprint density at radius 2 is 1.57 bits per heavy atom. The first kappa shape index (κ1) is 28.5. The minimum Gasteiger partial charge on any atom is -0.465 e. The Morgan fingerprint density at radius 1 is 1.00 bits per heavy atom. The molecule has 202 valence electrons. The van der Waals surface area contributed by atoms with Gasteiger partial charge in [-0.25, -0.2) is 0 Å². The topological polar surface area (TPSA) is 64.6 Å². The molecule has 0 radical (unpaired) electrons. The highest BCUT2D eigenvalue weighted by molar-refractivity contribution is 6.00. The molecule has 2 unspecified atom stereocenters. The highest BCUT2D eigenvalue weighted by Gasteiger charge is 2.49. The molecule has 11 heteroatoms. The van der Waals surface area contributed by atoms with Crippen LogP contribution in [0.1, 0.15) is 55.5 Å². The summed E-state index contributed by atoms with van der Waals surface area (Å²) in [6.45, 7) is 4.80. The zero-order valence-corrected chi connectivity index (χ0v) is 20.4. The third kappa shape index (κ3) is 6.82. The van der Waals surface area contributed by atoms with Gasteiger partial charge in [0.05, 0.1) is 36.0 Å². The highest BCUT2D eigenvalue weighted by atomic mass is 19.4. The van der Waals surface area contributed by atoms with E-state index >= 15 is 0 Å². The minimum absolute atomic E-state index is 0.0468. The van der Waals surface area contributed by atoms with Crippen LogP contribution in [0.2, 0.25) is 0 Å². The Balaban J connectivity index is 1.89. The average molecular weight is 531 g/mol. The number of benzene rings is 2. The first-order valence-electron chi connectivity index (χ1n) is 11.6. The molecule has 2 aromatic rings. The maximum absolute atomic E-state index is 13.3. The summed E-state index contributed by atoms with van der Waals surface area (Å²) in [5, 5.41) is 2.76. The molecule has 37 heavy (non-hydrogen) atoms. The van der Waals surface area contributed by atoms with Gasteiger partial charge >= 0.3 is 18.3 Å². The van der Waals surface area contributed by atoms with E-state index in [0.717, 1.165) is 0 Å². The molecule has 1 fully saturated rings. The molecular formula is C26H27F6NO4. The van der Waals surface area contributed by atoms with E-state index < -0.39 is 52.9 Å². The summed E-state index contributed by atoms with van der Waals surface area (Å²) in [7, 11) is 0. The van der Waals surface area contributed by atoms with Gasteiger partial charge in [-0.2, -0.15) is 26.3 Å². The van der Waals surface area contributed by atoms with Gasteiger partial charge in [-0.05, 0) is 48.6 Å². The average Bonchev–Trinajstić information content (AvgIpc) is 3.17. The Bertz CT molecular complexity index is 1080. The molecule has 0 spiro atoms. The van der Waals surface area contributed by atoms with Crippen molar-refractivity contribution in [3.63, 3.8) is 0 Å². The number of alkyl halides is 6. The number of esters is 1. The number of carbonyl (C=O) groups excluding carboxylic acids is 2. The van der Waals surface area contributed by atoms with Gasteiger partial charge in [-0.3, -0.25) is 9.59 Å². The van der Waals surface area contributed by atoms with Crippen molar-refractivity contribution in [3.8, 4) is 0 Å². The van der Waals surface area contributed by atoms with E-state index in [0.29, 0.717) is 17.7 Å². The van der Waals surface area contributed by atoms with E-state index in [-0.39, 0.29) is 37.2 Å². The van der Waals surface area contributed by atoms with Crippen molar-refractivity contribution in [2.45, 2.75) is 51.2 Å². The molecule has 0 bridgehead atoms. The standard InChI is InChI=1S/C26H27F6NO4/c1-15(2)13-36-23(35)21-12-24(33-22(21)34,18-7-5-4-6-8-18)14-37-16(3)17-9-19(25(27,28)29)11-20(10-17)26(30,31)32/h4-11,15-16,21H,12-14H2,1-3H3,(H,33,34)/t16?,21?,24-/m1/s1.